The summed E-state index contributed by atoms with van der Waals surface area (Å²) < 4.78 is 5.67. The van der Waals surface area contributed by atoms with Crippen LogP contribution in [0, 0.1) is 0 Å². The van der Waals surface area contributed by atoms with Crippen LogP contribution in [0.1, 0.15) is 46.1 Å². The van der Waals surface area contributed by atoms with Crippen molar-refractivity contribution in [3.8, 4) is 5.75 Å². The van der Waals surface area contributed by atoms with Gasteiger partial charge in [-0.1, -0.05) is 32.9 Å². The molecular weight excluding hydrogens is 254 g/mol. The highest BCUT2D eigenvalue weighted by Gasteiger charge is 2.26. The van der Waals surface area contributed by atoms with E-state index in [9.17, 15) is 4.79 Å². The van der Waals surface area contributed by atoms with E-state index in [1.54, 1.807) is 0 Å². The fourth-order valence-corrected chi connectivity index (χ4v) is 1.79. The average molecular weight is 279 g/mol. The minimum atomic E-state index is -1.18. The first-order valence-electron chi connectivity index (χ1n) is 6.88. The van der Waals surface area contributed by atoms with Gasteiger partial charge in [0.05, 0.1) is 6.61 Å². The van der Waals surface area contributed by atoms with E-state index < -0.39 is 11.5 Å². The van der Waals surface area contributed by atoms with Gasteiger partial charge in [0.25, 0.3) is 0 Å². The second-order valence-corrected chi connectivity index (χ2v) is 6.45. The normalized spacial score (nSPS) is 14.7. The van der Waals surface area contributed by atoms with Crippen molar-refractivity contribution in [2.45, 2.75) is 51.5 Å². The van der Waals surface area contributed by atoms with Crippen LogP contribution in [0.3, 0.4) is 0 Å². The third-order valence-corrected chi connectivity index (χ3v) is 3.30. The highest BCUT2D eigenvalue weighted by atomic mass is 16.5. The van der Waals surface area contributed by atoms with E-state index in [-0.39, 0.29) is 5.41 Å². The molecule has 4 heteroatoms. The van der Waals surface area contributed by atoms with Gasteiger partial charge in [-0.15, -0.1) is 0 Å². The lowest BCUT2D eigenvalue weighted by Gasteiger charge is -2.20. The molecule has 0 saturated carbocycles. The molecule has 0 aliphatic heterocycles. The lowest BCUT2D eigenvalue weighted by atomic mass is 9.87. The number of carboxylic acids is 1. The summed E-state index contributed by atoms with van der Waals surface area (Å²) in [5.74, 6) is -0.168. The standard InChI is InChI=1S/C16H25NO3/c1-15(2,3)12-7-5-8-13(11-12)20-10-6-9-16(4,17)14(18)19/h5,7-8,11H,6,9-10,17H2,1-4H3,(H,18,19). The van der Waals surface area contributed by atoms with Gasteiger partial charge in [0.2, 0.25) is 0 Å². The number of rotatable bonds is 6. The van der Waals surface area contributed by atoms with Gasteiger partial charge in [0, 0.05) is 0 Å². The summed E-state index contributed by atoms with van der Waals surface area (Å²) in [6.07, 6.45) is 1.00. The summed E-state index contributed by atoms with van der Waals surface area (Å²) in [5, 5.41) is 8.92. The molecule has 1 atom stereocenters. The monoisotopic (exact) mass is 279 g/mol. The van der Waals surface area contributed by atoms with Crippen LogP contribution < -0.4 is 10.5 Å². The molecule has 3 N–H and O–H groups in total. The Hall–Kier alpha value is -1.55. The highest BCUT2D eigenvalue weighted by molar-refractivity contribution is 5.77. The van der Waals surface area contributed by atoms with Crippen LogP contribution in [0.15, 0.2) is 24.3 Å². The maximum atomic E-state index is 10.9. The van der Waals surface area contributed by atoms with Crippen LogP contribution in [0.5, 0.6) is 5.75 Å². The molecule has 1 aromatic rings. The SMILES string of the molecule is CC(N)(CCCOc1cccc(C(C)(C)C)c1)C(=O)O. The second-order valence-electron chi connectivity index (χ2n) is 6.45. The topological polar surface area (TPSA) is 72.5 Å². The first-order valence-corrected chi connectivity index (χ1v) is 6.88. The van der Waals surface area contributed by atoms with Crippen LogP contribution in [-0.2, 0) is 10.2 Å². The summed E-state index contributed by atoms with van der Waals surface area (Å²) in [5.41, 5.74) is 5.78. The molecule has 0 aromatic heterocycles. The number of carbonyl (C=O) groups is 1. The van der Waals surface area contributed by atoms with Crippen LogP contribution in [-0.4, -0.2) is 23.2 Å². The van der Waals surface area contributed by atoms with Crippen LogP contribution in [0.4, 0.5) is 0 Å². The Balaban J connectivity index is 2.49. The van der Waals surface area contributed by atoms with Crippen LogP contribution >= 0.6 is 0 Å². The lowest BCUT2D eigenvalue weighted by molar-refractivity contribution is -0.142. The smallest absolute Gasteiger partial charge is 0.323 e. The summed E-state index contributed by atoms with van der Waals surface area (Å²) in [6, 6.07) is 7.99. The third kappa shape index (κ3) is 4.85. The largest absolute Gasteiger partial charge is 0.494 e. The van der Waals surface area contributed by atoms with Gasteiger partial charge in [-0.3, -0.25) is 4.79 Å². The van der Waals surface area contributed by atoms with E-state index in [4.69, 9.17) is 15.6 Å². The Morgan fingerprint density at radius 3 is 2.50 bits per heavy atom. The zero-order valence-electron chi connectivity index (χ0n) is 12.8. The van der Waals surface area contributed by atoms with Crippen molar-refractivity contribution in [1.29, 1.82) is 0 Å². The molecule has 0 heterocycles. The molecule has 112 valence electrons. The number of aliphatic carboxylic acids is 1. The number of ether oxygens (including phenoxy) is 1. The van der Waals surface area contributed by atoms with Crippen molar-refractivity contribution in [2.24, 2.45) is 5.73 Å². The van der Waals surface area contributed by atoms with E-state index in [1.807, 2.05) is 18.2 Å². The first-order chi connectivity index (χ1) is 9.13. The molecule has 0 bridgehead atoms. The Labute approximate surface area is 120 Å². The molecule has 0 amide bonds. The van der Waals surface area contributed by atoms with Crippen molar-refractivity contribution >= 4 is 5.97 Å². The molecule has 0 radical (unpaired) electrons. The Morgan fingerprint density at radius 1 is 1.30 bits per heavy atom. The van der Waals surface area contributed by atoms with E-state index in [0.29, 0.717) is 19.4 Å². The van der Waals surface area contributed by atoms with Gasteiger partial charge in [-0.25, -0.2) is 0 Å². The van der Waals surface area contributed by atoms with Crippen molar-refractivity contribution in [2.75, 3.05) is 6.61 Å². The average Bonchev–Trinajstić information content (AvgIpc) is 2.34. The maximum Gasteiger partial charge on any atom is 0.323 e. The second kappa shape index (κ2) is 6.27. The molecule has 1 unspecified atom stereocenters. The van der Waals surface area contributed by atoms with Crippen molar-refractivity contribution < 1.29 is 14.6 Å². The Kier molecular flexibility index (Phi) is 5.17. The number of hydrogen-bond donors (Lipinski definition) is 2. The van der Waals surface area contributed by atoms with Gasteiger partial charge in [0.15, 0.2) is 0 Å². The third-order valence-electron chi connectivity index (χ3n) is 3.30. The molecule has 0 aliphatic carbocycles. The zero-order valence-corrected chi connectivity index (χ0v) is 12.8. The lowest BCUT2D eigenvalue weighted by Crippen LogP contribution is -2.44. The molecule has 0 fully saturated rings. The predicted molar refractivity (Wildman–Crippen MR) is 80.1 cm³/mol. The molecule has 1 aromatic carbocycles. The molecule has 0 saturated heterocycles. The summed E-state index contributed by atoms with van der Waals surface area (Å²) in [6.45, 7) is 8.44. The summed E-state index contributed by atoms with van der Waals surface area (Å²) in [7, 11) is 0. The first kappa shape index (κ1) is 16.5. The molecule has 1 rings (SSSR count). The highest BCUT2D eigenvalue weighted by Crippen LogP contribution is 2.25. The Morgan fingerprint density at radius 2 is 1.95 bits per heavy atom. The van der Waals surface area contributed by atoms with E-state index in [0.717, 1.165) is 5.75 Å². The number of hydrogen-bond acceptors (Lipinski definition) is 3. The summed E-state index contributed by atoms with van der Waals surface area (Å²) in [4.78, 5) is 10.9. The quantitative estimate of drug-likeness (QED) is 0.785. The minimum absolute atomic E-state index is 0.0819. The van der Waals surface area contributed by atoms with Crippen LogP contribution in [0.25, 0.3) is 0 Å². The van der Waals surface area contributed by atoms with Crippen molar-refractivity contribution in [3.05, 3.63) is 29.8 Å². The molecule has 0 spiro atoms. The minimum Gasteiger partial charge on any atom is -0.494 e. The maximum absolute atomic E-state index is 10.9. The van der Waals surface area contributed by atoms with Gasteiger partial charge in [-0.2, -0.15) is 0 Å². The fourth-order valence-electron chi connectivity index (χ4n) is 1.79. The van der Waals surface area contributed by atoms with Crippen molar-refractivity contribution in [1.82, 2.24) is 0 Å². The molecule has 0 aliphatic rings. The summed E-state index contributed by atoms with van der Waals surface area (Å²) >= 11 is 0. The van der Waals surface area contributed by atoms with Gasteiger partial charge in [0.1, 0.15) is 11.3 Å². The zero-order chi connectivity index (χ0) is 15.4. The number of nitrogens with two attached hydrogens (primary N) is 1. The molecule has 4 nitrogen and oxygen atoms in total. The van der Waals surface area contributed by atoms with Gasteiger partial charge in [-0.05, 0) is 42.9 Å². The van der Waals surface area contributed by atoms with Crippen molar-refractivity contribution in [3.63, 3.8) is 0 Å². The van der Waals surface area contributed by atoms with E-state index in [2.05, 4.69) is 26.8 Å². The fraction of sp³-hybridized carbons (Fsp3) is 0.562. The van der Waals surface area contributed by atoms with Crippen LogP contribution in [0.2, 0.25) is 0 Å². The number of carboxylic acid groups (broad SMARTS) is 1. The van der Waals surface area contributed by atoms with Gasteiger partial charge >= 0.3 is 5.97 Å². The predicted octanol–water partition coefficient (Wildman–Crippen LogP) is 2.95. The van der Waals surface area contributed by atoms with Gasteiger partial charge < -0.3 is 15.6 Å². The molecular formula is C16H25NO3. The number of benzene rings is 1. The van der Waals surface area contributed by atoms with E-state index >= 15 is 0 Å². The molecule has 20 heavy (non-hydrogen) atoms. The van der Waals surface area contributed by atoms with E-state index in [1.165, 1.54) is 12.5 Å². The Bertz CT molecular complexity index is 461.